The lowest BCUT2D eigenvalue weighted by Crippen LogP contribution is -2.10. The fourth-order valence-electron chi connectivity index (χ4n) is 0.657. The second-order valence-corrected chi connectivity index (χ2v) is 2.45. The average molecular weight is 126 g/mol. The minimum atomic E-state index is 0.489. The molecule has 0 aromatic rings. The van der Waals surface area contributed by atoms with E-state index in [1.807, 2.05) is 6.92 Å². The molecule has 0 radical (unpaired) electrons. The van der Waals surface area contributed by atoms with Crippen LogP contribution in [0.2, 0.25) is 0 Å². The summed E-state index contributed by atoms with van der Waals surface area (Å²) in [5, 5.41) is 6.75. The van der Waals surface area contributed by atoms with Crippen LogP contribution in [-0.4, -0.2) is 12.4 Å². The highest BCUT2D eigenvalue weighted by Gasteiger charge is 1.98. The van der Waals surface area contributed by atoms with E-state index in [9.17, 15) is 0 Å². The smallest absolute Gasteiger partial charge is 0.00482 e. The second kappa shape index (κ2) is 4.30. The Kier molecular flexibility index (Phi) is 4.02. The van der Waals surface area contributed by atoms with Gasteiger partial charge in [0.15, 0.2) is 0 Å². The number of allylic oxidation sites excluding steroid dienone is 1. The van der Waals surface area contributed by atoms with Crippen LogP contribution < -0.4 is 5.73 Å². The van der Waals surface area contributed by atoms with E-state index in [1.165, 1.54) is 0 Å². The van der Waals surface area contributed by atoms with Gasteiger partial charge in [-0.15, -0.1) is 0 Å². The summed E-state index contributed by atoms with van der Waals surface area (Å²) >= 11 is 0. The van der Waals surface area contributed by atoms with Crippen molar-refractivity contribution in [2.45, 2.75) is 20.3 Å². The van der Waals surface area contributed by atoms with Crippen molar-refractivity contribution >= 4 is 5.87 Å². The van der Waals surface area contributed by atoms with Crippen molar-refractivity contribution in [2.24, 2.45) is 11.7 Å². The summed E-state index contributed by atoms with van der Waals surface area (Å²) < 4.78 is 0. The van der Waals surface area contributed by atoms with Crippen molar-refractivity contribution in [3.8, 4) is 0 Å². The fraction of sp³-hybridized carbons (Fsp3) is 0.714. The van der Waals surface area contributed by atoms with Gasteiger partial charge in [-0.2, -0.15) is 0 Å². The van der Waals surface area contributed by atoms with Crippen LogP contribution in [0.3, 0.4) is 0 Å². The third-order valence-corrected chi connectivity index (χ3v) is 1.27. The number of hydrogen-bond donors (Lipinski definition) is 2. The van der Waals surface area contributed by atoms with Crippen molar-refractivity contribution < 1.29 is 0 Å². The number of nitrogens with two attached hydrogens (primary N) is 1. The molecule has 2 nitrogen and oxygen atoms in total. The van der Waals surface area contributed by atoms with Gasteiger partial charge in [-0.3, -0.25) is 5.41 Å². The van der Waals surface area contributed by atoms with Crippen LogP contribution in [0.15, 0.2) is 5.57 Å². The zero-order chi connectivity index (χ0) is 7.28. The Morgan fingerprint density at radius 2 is 2.33 bits per heavy atom. The number of nitrogens with one attached hydrogen (secondary N) is 1. The molecule has 0 bridgehead atoms. The van der Waals surface area contributed by atoms with Gasteiger partial charge < -0.3 is 5.73 Å². The van der Waals surface area contributed by atoms with Crippen molar-refractivity contribution in [2.75, 3.05) is 6.54 Å². The quantitative estimate of drug-likeness (QED) is 0.548. The highest BCUT2D eigenvalue weighted by Crippen LogP contribution is 2.05. The highest BCUT2D eigenvalue weighted by atomic mass is 14.5. The lowest BCUT2D eigenvalue weighted by Gasteiger charge is -2.04. The van der Waals surface area contributed by atoms with Crippen LogP contribution in [0.4, 0.5) is 0 Å². The molecule has 0 heterocycles. The maximum absolute atomic E-state index is 6.75. The Bertz CT molecular complexity index is 123. The normalized spacial score (nSPS) is 12.3. The Labute approximate surface area is 56.3 Å². The Hall–Kier alpha value is -0.590. The molecule has 0 fully saturated rings. The monoisotopic (exact) mass is 126 g/mol. The summed E-state index contributed by atoms with van der Waals surface area (Å²) in [5.74, 6) is 2.83. The fourth-order valence-corrected chi connectivity index (χ4v) is 0.657. The summed E-state index contributed by atoms with van der Waals surface area (Å²) in [6, 6.07) is 0. The first-order valence-electron chi connectivity index (χ1n) is 3.16. The summed E-state index contributed by atoms with van der Waals surface area (Å²) in [4.78, 5) is 0. The minimum absolute atomic E-state index is 0.489. The van der Waals surface area contributed by atoms with E-state index in [0.29, 0.717) is 12.5 Å². The molecule has 3 N–H and O–H groups in total. The van der Waals surface area contributed by atoms with Crippen LogP contribution in [0, 0.1) is 11.3 Å². The first-order valence-corrected chi connectivity index (χ1v) is 3.16. The number of rotatable bonds is 3. The largest absolute Gasteiger partial charge is 0.330 e. The zero-order valence-electron chi connectivity index (χ0n) is 6.07. The maximum atomic E-state index is 6.75. The van der Waals surface area contributed by atoms with Gasteiger partial charge in [0, 0.05) is 0 Å². The SMILES string of the molecule is CC(=C=N)CC(C)CN. The van der Waals surface area contributed by atoms with E-state index >= 15 is 0 Å². The van der Waals surface area contributed by atoms with Gasteiger partial charge in [0.2, 0.25) is 0 Å². The van der Waals surface area contributed by atoms with E-state index in [4.69, 9.17) is 11.1 Å². The molecule has 0 spiro atoms. The van der Waals surface area contributed by atoms with Crippen LogP contribution >= 0.6 is 0 Å². The predicted molar refractivity (Wildman–Crippen MR) is 39.7 cm³/mol. The summed E-state index contributed by atoms with van der Waals surface area (Å²) in [7, 11) is 0. The molecule has 0 amide bonds. The van der Waals surface area contributed by atoms with Crippen LogP contribution in [-0.2, 0) is 0 Å². The van der Waals surface area contributed by atoms with Gasteiger partial charge in [0.05, 0.1) is 0 Å². The number of hydrogen-bond acceptors (Lipinski definition) is 2. The maximum Gasteiger partial charge on any atom is -0.00482 e. The molecular formula is C7H14N2. The van der Waals surface area contributed by atoms with Crippen molar-refractivity contribution in [1.82, 2.24) is 0 Å². The standard InChI is InChI=1S/C7H14N2/c1-6(4-8)3-7(2)5-9/h6,9H,3-4,8H2,1-2H3. The molecule has 0 aromatic heterocycles. The van der Waals surface area contributed by atoms with E-state index in [1.54, 1.807) is 0 Å². The minimum Gasteiger partial charge on any atom is -0.330 e. The Morgan fingerprint density at radius 3 is 2.67 bits per heavy atom. The lowest BCUT2D eigenvalue weighted by atomic mass is 10.0. The molecule has 0 aliphatic rings. The third kappa shape index (κ3) is 3.95. The van der Waals surface area contributed by atoms with Crippen molar-refractivity contribution in [3.05, 3.63) is 5.57 Å². The predicted octanol–water partition coefficient (Wildman–Crippen LogP) is 1.17. The average Bonchev–Trinajstić information content (AvgIpc) is 1.87. The van der Waals surface area contributed by atoms with Gasteiger partial charge in [-0.25, -0.2) is 0 Å². The topological polar surface area (TPSA) is 49.9 Å². The first kappa shape index (κ1) is 8.41. The summed E-state index contributed by atoms with van der Waals surface area (Å²) in [5.41, 5.74) is 6.35. The Morgan fingerprint density at radius 1 is 1.78 bits per heavy atom. The van der Waals surface area contributed by atoms with E-state index < -0.39 is 0 Å². The molecular weight excluding hydrogens is 112 g/mol. The molecule has 0 aliphatic heterocycles. The van der Waals surface area contributed by atoms with Gasteiger partial charge >= 0.3 is 0 Å². The van der Waals surface area contributed by atoms with E-state index in [0.717, 1.165) is 12.0 Å². The van der Waals surface area contributed by atoms with Crippen LogP contribution in [0.1, 0.15) is 20.3 Å². The molecule has 52 valence electrons. The highest BCUT2D eigenvalue weighted by molar-refractivity contribution is 5.53. The summed E-state index contributed by atoms with van der Waals surface area (Å²) in [6.45, 7) is 4.67. The Balaban J connectivity index is 3.60. The van der Waals surface area contributed by atoms with Gasteiger partial charge in [-0.1, -0.05) is 6.92 Å². The summed E-state index contributed by atoms with van der Waals surface area (Å²) in [6.07, 6.45) is 0.903. The third-order valence-electron chi connectivity index (χ3n) is 1.27. The van der Waals surface area contributed by atoms with Gasteiger partial charge in [-0.05, 0) is 37.3 Å². The van der Waals surface area contributed by atoms with E-state index in [-0.39, 0.29) is 0 Å². The van der Waals surface area contributed by atoms with Crippen molar-refractivity contribution in [1.29, 1.82) is 5.41 Å². The van der Waals surface area contributed by atoms with Crippen LogP contribution in [0.25, 0.3) is 0 Å². The molecule has 1 unspecified atom stereocenters. The molecule has 2 heteroatoms. The molecule has 0 aliphatic carbocycles. The molecule has 9 heavy (non-hydrogen) atoms. The van der Waals surface area contributed by atoms with Gasteiger partial charge in [0.1, 0.15) is 0 Å². The molecule has 0 saturated heterocycles. The first-order chi connectivity index (χ1) is 4.20. The molecule has 0 aromatic carbocycles. The van der Waals surface area contributed by atoms with Gasteiger partial charge in [0.25, 0.3) is 0 Å². The van der Waals surface area contributed by atoms with E-state index in [2.05, 4.69) is 12.8 Å². The lowest BCUT2D eigenvalue weighted by molar-refractivity contribution is 0.592. The molecule has 1 atom stereocenters. The van der Waals surface area contributed by atoms with Crippen LogP contribution in [0.5, 0.6) is 0 Å². The molecule has 0 rings (SSSR count). The zero-order valence-corrected chi connectivity index (χ0v) is 6.07. The molecule has 0 saturated carbocycles. The second-order valence-electron chi connectivity index (χ2n) is 2.45. The van der Waals surface area contributed by atoms with Crippen molar-refractivity contribution in [3.63, 3.8) is 0 Å².